The number of furan rings is 1. The molecule has 152 valence electrons. The lowest BCUT2D eigenvalue weighted by Crippen LogP contribution is -2.22. The minimum absolute atomic E-state index is 0.0107. The summed E-state index contributed by atoms with van der Waals surface area (Å²) >= 11 is 1.07. The molecule has 1 amide bonds. The third kappa shape index (κ3) is 6.31. The van der Waals surface area contributed by atoms with E-state index in [2.05, 4.69) is 20.3 Å². The van der Waals surface area contributed by atoms with Gasteiger partial charge in [-0.2, -0.15) is 13.2 Å². The number of halogens is 3. The van der Waals surface area contributed by atoms with Gasteiger partial charge in [0.25, 0.3) is 0 Å². The van der Waals surface area contributed by atoms with Crippen molar-refractivity contribution in [3.63, 3.8) is 0 Å². The Morgan fingerprint density at radius 3 is 2.66 bits per heavy atom. The molecule has 29 heavy (non-hydrogen) atoms. The van der Waals surface area contributed by atoms with Crippen molar-refractivity contribution in [3.05, 3.63) is 60.2 Å². The first kappa shape index (κ1) is 20.8. The first-order chi connectivity index (χ1) is 13.9. The van der Waals surface area contributed by atoms with Crippen molar-refractivity contribution in [1.29, 1.82) is 0 Å². The standard InChI is InChI=1S/C19H17F3N4O2S/c20-19(21,22)16-11-14(15-3-1-9-28-15)25-18(26-16)29-10-2-4-17(27)24-12-13-5-7-23-8-6-13/h1,3,5-9,11H,2,4,10,12H2,(H,24,27). The van der Waals surface area contributed by atoms with E-state index in [-0.39, 0.29) is 28.9 Å². The zero-order valence-electron chi connectivity index (χ0n) is 15.1. The number of rotatable bonds is 8. The van der Waals surface area contributed by atoms with Crippen LogP contribution in [0.2, 0.25) is 0 Å². The van der Waals surface area contributed by atoms with Crippen molar-refractivity contribution in [2.24, 2.45) is 0 Å². The Balaban J connectivity index is 1.53. The van der Waals surface area contributed by atoms with Crippen molar-refractivity contribution in [2.45, 2.75) is 30.7 Å². The predicted molar refractivity (Wildman–Crippen MR) is 101 cm³/mol. The maximum atomic E-state index is 13.1. The van der Waals surface area contributed by atoms with Crippen LogP contribution in [0.5, 0.6) is 0 Å². The van der Waals surface area contributed by atoms with Crippen LogP contribution in [0.3, 0.4) is 0 Å². The van der Waals surface area contributed by atoms with E-state index in [0.717, 1.165) is 23.4 Å². The summed E-state index contributed by atoms with van der Waals surface area (Å²) in [7, 11) is 0. The van der Waals surface area contributed by atoms with E-state index in [0.29, 0.717) is 18.7 Å². The molecule has 1 N–H and O–H groups in total. The second-order valence-corrected chi connectivity index (χ2v) is 7.04. The average Bonchev–Trinajstić information content (AvgIpc) is 3.24. The van der Waals surface area contributed by atoms with Gasteiger partial charge >= 0.3 is 6.18 Å². The fourth-order valence-corrected chi connectivity index (χ4v) is 3.17. The van der Waals surface area contributed by atoms with Gasteiger partial charge in [0.15, 0.2) is 10.9 Å². The van der Waals surface area contributed by atoms with Crippen LogP contribution in [0.15, 0.2) is 58.6 Å². The Morgan fingerprint density at radius 1 is 1.17 bits per heavy atom. The Labute approximate surface area is 169 Å². The third-order valence-electron chi connectivity index (χ3n) is 3.79. The normalized spacial score (nSPS) is 11.4. The van der Waals surface area contributed by atoms with E-state index >= 15 is 0 Å². The Bertz CT molecular complexity index is 934. The fourth-order valence-electron chi connectivity index (χ4n) is 2.37. The van der Waals surface area contributed by atoms with Crippen LogP contribution in [-0.4, -0.2) is 26.6 Å². The number of hydrogen-bond donors (Lipinski definition) is 1. The van der Waals surface area contributed by atoms with Gasteiger partial charge in [-0.3, -0.25) is 9.78 Å². The Hall–Kier alpha value is -2.88. The number of amides is 1. The average molecular weight is 422 g/mol. The molecule has 6 nitrogen and oxygen atoms in total. The summed E-state index contributed by atoms with van der Waals surface area (Å²) in [6.07, 6.45) is 0.785. The molecule has 0 aliphatic heterocycles. The molecule has 0 saturated carbocycles. The minimum Gasteiger partial charge on any atom is -0.463 e. The van der Waals surface area contributed by atoms with E-state index in [1.54, 1.807) is 30.6 Å². The predicted octanol–water partition coefficient (Wildman–Crippen LogP) is 4.34. The second-order valence-electron chi connectivity index (χ2n) is 5.98. The van der Waals surface area contributed by atoms with E-state index in [4.69, 9.17) is 4.42 Å². The highest BCUT2D eigenvalue weighted by Gasteiger charge is 2.34. The van der Waals surface area contributed by atoms with Gasteiger partial charge in [0, 0.05) is 31.1 Å². The third-order valence-corrected chi connectivity index (χ3v) is 4.72. The van der Waals surface area contributed by atoms with Crippen LogP contribution >= 0.6 is 11.8 Å². The summed E-state index contributed by atoms with van der Waals surface area (Å²) in [4.78, 5) is 23.5. The summed E-state index contributed by atoms with van der Waals surface area (Å²) in [5, 5.41) is 2.78. The molecule has 10 heteroatoms. The molecular weight excluding hydrogens is 405 g/mol. The fraction of sp³-hybridized carbons (Fsp3) is 0.263. The van der Waals surface area contributed by atoms with E-state index in [1.807, 2.05) is 0 Å². The van der Waals surface area contributed by atoms with Crippen molar-refractivity contribution >= 4 is 17.7 Å². The monoisotopic (exact) mass is 422 g/mol. The van der Waals surface area contributed by atoms with Crippen LogP contribution in [0.25, 0.3) is 11.5 Å². The highest BCUT2D eigenvalue weighted by molar-refractivity contribution is 7.99. The molecule has 0 saturated heterocycles. The van der Waals surface area contributed by atoms with Crippen LogP contribution in [0.4, 0.5) is 13.2 Å². The quantitative estimate of drug-likeness (QED) is 0.330. The Kier molecular flexibility index (Phi) is 6.86. The van der Waals surface area contributed by atoms with Crippen molar-refractivity contribution < 1.29 is 22.4 Å². The molecule has 0 atom stereocenters. The van der Waals surface area contributed by atoms with Crippen molar-refractivity contribution in [2.75, 3.05) is 5.75 Å². The molecule has 0 bridgehead atoms. The number of alkyl halides is 3. The number of nitrogens with zero attached hydrogens (tertiary/aromatic N) is 3. The first-order valence-corrected chi connectivity index (χ1v) is 9.69. The molecule has 0 spiro atoms. The molecule has 3 heterocycles. The largest absolute Gasteiger partial charge is 0.463 e. The molecule has 0 aromatic carbocycles. The highest BCUT2D eigenvalue weighted by Crippen LogP contribution is 2.32. The maximum Gasteiger partial charge on any atom is 0.433 e. The van der Waals surface area contributed by atoms with Gasteiger partial charge in [0.1, 0.15) is 11.4 Å². The van der Waals surface area contributed by atoms with Gasteiger partial charge in [0.05, 0.1) is 6.26 Å². The molecule has 0 aliphatic rings. The van der Waals surface area contributed by atoms with E-state index < -0.39 is 11.9 Å². The van der Waals surface area contributed by atoms with Gasteiger partial charge in [-0.1, -0.05) is 11.8 Å². The van der Waals surface area contributed by atoms with Gasteiger partial charge in [-0.25, -0.2) is 9.97 Å². The summed E-state index contributed by atoms with van der Waals surface area (Å²) in [6, 6.07) is 7.57. The summed E-state index contributed by atoms with van der Waals surface area (Å²) in [6.45, 7) is 0.401. The molecule has 0 unspecified atom stereocenters. The summed E-state index contributed by atoms with van der Waals surface area (Å²) < 4.78 is 44.5. The van der Waals surface area contributed by atoms with Crippen LogP contribution in [-0.2, 0) is 17.5 Å². The minimum atomic E-state index is -4.59. The van der Waals surface area contributed by atoms with Gasteiger partial charge in [-0.05, 0) is 42.3 Å². The number of carbonyl (C=O) groups is 1. The summed E-state index contributed by atoms with van der Waals surface area (Å²) in [5.41, 5.74) is -0.0306. The topological polar surface area (TPSA) is 80.9 Å². The number of thioether (sulfide) groups is 1. The maximum absolute atomic E-state index is 13.1. The zero-order chi connectivity index (χ0) is 20.7. The molecule has 3 aromatic heterocycles. The number of nitrogens with one attached hydrogen (secondary N) is 1. The number of carbonyl (C=O) groups excluding carboxylic acids is 1. The van der Waals surface area contributed by atoms with Gasteiger partial charge in [-0.15, -0.1) is 0 Å². The number of aromatic nitrogens is 3. The van der Waals surface area contributed by atoms with E-state index in [9.17, 15) is 18.0 Å². The first-order valence-electron chi connectivity index (χ1n) is 8.70. The lowest BCUT2D eigenvalue weighted by molar-refractivity contribution is -0.141. The van der Waals surface area contributed by atoms with Gasteiger partial charge in [0.2, 0.25) is 5.91 Å². The van der Waals surface area contributed by atoms with Crippen LogP contribution in [0.1, 0.15) is 24.1 Å². The lowest BCUT2D eigenvalue weighted by atomic mass is 10.2. The molecular formula is C19H17F3N4O2S. The molecule has 3 rings (SSSR count). The van der Waals surface area contributed by atoms with Crippen LogP contribution in [0, 0.1) is 0 Å². The number of pyridine rings is 1. The zero-order valence-corrected chi connectivity index (χ0v) is 16.0. The number of hydrogen-bond acceptors (Lipinski definition) is 6. The van der Waals surface area contributed by atoms with E-state index in [1.165, 1.54) is 12.3 Å². The second kappa shape index (κ2) is 9.55. The smallest absolute Gasteiger partial charge is 0.433 e. The van der Waals surface area contributed by atoms with Gasteiger partial charge < -0.3 is 9.73 Å². The highest BCUT2D eigenvalue weighted by atomic mass is 32.2. The molecule has 0 aliphatic carbocycles. The summed E-state index contributed by atoms with van der Waals surface area (Å²) in [5.74, 6) is 0.501. The SMILES string of the molecule is O=C(CCCSc1nc(-c2ccco2)cc(C(F)(F)F)n1)NCc1ccncc1. The molecule has 3 aromatic rings. The van der Waals surface area contributed by atoms with Crippen molar-refractivity contribution in [3.8, 4) is 11.5 Å². The molecule has 0 fully saturated rings. The molecule has 0 radical (unpaired) electrons. The van der Waals surface area contributed by atoms with Crippen molar-refractivity contribution in [1.82, 2.24) is 20.3 Å². The van der Waals surface area contributed by atoms with Crippen LogP contribution < -0.4 is 5.32 Å². The Morgan fingerprint density at radius 2 is 1.97 bits per heavy atom. The lowest BCUT2D eigenvalue weighted by Gasteiger charge is -2.09.